The minimum Gasteiger partial charge on any atom is -0.281 e. The molecule has 0 saturated heterocycles. The van der Waals surface area contributed by atoms with E-state index < -0.39 is 56.7 Å². The third-order valence-corrected chi connectivity index (χ3v) is 3.01. The van der Waals surface area contributed by atoms with E-state index in [2.05, 4.69) is 0 Å². The summed E-state index contributed by atoms with van der Waals surface area (Å²) in [6, 6.07) is 0. The first-order chi connectivity index (χ1) is 10.6. The molecule has 0 aromatic rings. The van der Waals surface area contributed by atoms with Gasteiger partial charge in [-0.3, -0.25) is 4.55 Å². The minimum absolute atomic E-state index is 4.21. The predicted octanol–water partition coefficient (Wildman–Crippen LogP) is 4.60. The molecule has 0 heterocycles. The number of rotatable bonds is 5. The Bertz CT molecular complexity index is 699. The van der Waals surface area contributed by atoms with Crippen molar-refractivity contribution < 1.29 is 70.0 Å². The van der Waals surface area contributed by atoms with Gasteiger partial charge >= 0.3 is 33.4 Å². The molecule has 17 heteroatoms. The molecular weight excluding hydrogens is 423 g/mol. The number of allylic oxidation sites excluding steroid dienone is 3. The molecule has 0 aliphatic heterocycles. The van der Waals surface area contributed by atoms with E-state index in [4.69, 9.17) is 4.55 Å². The van der Waals surface area contributed by atoms with Crippen LogP contribution in [0.2, 0.25) is 0 Å². The average Bonchev–Trinajstić information content (AvgIpc) is 2.41. The van der Waals surface area contributed by atoms with E-state index in [9.17, 15) is 65.5 Å². The lowest BCUT2D eigenvalue weighted by Gasteiger charge is -2.27. The molecule has 0 amide bonds. The molecule has 0 unspecified atom stereocenters. The summed E-state index contributed by atoms with van der Waals surface area (Å²) in [4.78, 5) is 0. The summed E-state index contributed by atoms with van der Waals surface area (Å²) in [5.41, 5.74) is 0. The van der Waals surface area contributed by atoms with Crippen LogP contribution in [0.5, 0.6) is 0 Å². The number of halogens is 13. The molecule has 3 nitrogen and oxygen atoms in total. The largest absolute Gasteiger partial charge is 0.460 e. The second-order valence-corrected chi connectivity index (χ2v) is 5.36. The Morgan fingerprint density at radius 2 is 1.00 bits per heavy atom. The monoisotopic (exact) mass is 424 g/mol. The van der Waals surface area contributed by atoms with Gasteiger partial charge in [-0.15, -0.1) is 0 Å². The van der Waals surface area contributed by atoms with Crippen LogP contribution in [-0.2, 0) is 10.1 Å². The van der Waals surface area contributed by atoms with Crippen molar-refractivity contribution in [3.05, 3.63) is 23.3 Å². The van der Waals surface area contributed by atoms with E-state index in [0.717, 1.165) is 0 Å². The van der Waals surface area contributed by atoms with Gasteiger partial charge in [-0.2, -0.15) is 47.9 Å². The van der Waals surface area contributed by atoms with E-state index in [1.807, 2.05) is 0 Å². The molecular formula is C8HF13O3S. The maximum atomic E-state index is 12.8. The molecule has 1 N–H and O–H groups in total. The number of hydrogen-bond acceptors (Lipinski definition) is 2. The molecule has 0 bridgehead atoms. The maximum Gasteiger partial charge on any atom is 0.460 e. The van der Waals surface area contributed by atoms with Gasteiger partial charge in [0.15, 0.2) is 5.83 Å². The normalized spacial score (nSPS) is 17.2. The highest BCUT2D eigenvalue weighted by Crippen LogP contribution is 2.51. The van der Waals surface area contributed by atoms with Crippen LogP contribution in [0, 0.1) is 0 Å². The first kappa shape index (κ1) is 23.5. The molecule has 0 spiro atoms. The molecule has 0 radical (unpaired) electrons. The van der Waals surface area contributed by atoms with Crippen molar-refractivity contribution in [2.75, 3.05) is 0 Å². The van der Waals surface area contributed by atoms with Crippen LogP contribution in [0.3, 0.4) is 0 Å². The van der Waals surface area contributed by atoms with Gasteiger partial charge in [-0.05, 0) is 0 Å². The molecule has 0 rings (SSSR count). The Balaban J connectivity index is 6.50. The van der Waals surface area contributed by atoms with Crippen LogP contribution >= 0.6 is 0 Å². The topological polar surface area (TPSA) is 54.4 Å². The fourth-order valence-electron chi connectivity index (χ4n) is 0.887. The minimum atomic E-state index is -7.40. The molecule has 0 saturated carbocycles. The first-order valence-corrected chi connectivity index (χ1v) is 6.37. The van der Waals surface area contributed by atoms with Crippen LogP contribution in [0.4, 0.5) is 57.1 Å². The maximum absolute atomic E-state index is 12.8. The SMILES string of the molecule is O=S(=O)(O)C(F)(F)/C(F)=C(F)/C(F)=C(\F)C(F)(F)C(F)(F)C(F)(F)F. The summed E-state index contributed by atoms with van der Waals surface area (Å²) >= 11 is 0. The lowest BCUT2D eigenvalue weighted by Crippen LogP contribution is -2.52. The smallest absolute Gasteiger partial charge is 0.281 e. The van der Waals surface area contributed by atoms with E-state index in [1.165, 1.54) is 0 Å². The van der Waals surface area contributed by atoms with Crippen molar-refractivity contribution in [2.24, 2.45) is 0 Å². The summed E-state index contributed by atoms with van der Waals surface area (Å²) in [6.07, 6.45) is -7.24. The van der Waals surface area contributed by atoms with E-state index >= 15 is 0 Å². The fraction of sp³-hybridized carbons (Fsp3) is 0.500. The predicted molar refractivity (Wildman–Crippen MR) is 50.9 cm³/mol. The Morgan fingerprint density at radius 3 is 1.28 bits per heavy atom. The lowest BCUT2D eigenvalue weighted by atomic mass is 10.1. The third-order valence-electron chi connectivity index (χ3n) is 2.18. The molecule has 0 aliphatic rings. The molecule has 148 valence electrons. The molecule has 0 aromatic carbocycles. The second-order valence-electron chi connectivity index (χ2n) is 3.89. The zero-order chi connectivity index (χ0) is 20.8. The summed E-state index contributed by atoms with van der Waals surface area (Å²) in [7, 11) is -6.93. The zero-order valence-corrected chi connectivity index (χ0v) is 11.4. The highest BCUT2D eigenvalue weighted by molar-refractivity contribution is 7.87. The van der Waals surface area contributed by atoms with Gasteiger partial charge in [0.25, 0.3) is 0 Å². The number of alkyl halides is 9. The molecule has 0 aliphatic carbocycles. The summed E-state index contributed by atoms with van der Waals surface area (Å²) in [5, 5.41) is -6.41. The van der Waals surface area contributed by atoms with Crippen molar-refractivity contribution in [3.63, 3.8) is 0 Å². The standard InChI is InChI=1S/C8HF13O3S/c9-1(2(10)4(12)6(15,16)25(22,23)24)3(11)5(13,14)7(17,18)8(19,20)21/h(H,22,23,24)/b3-1+,4-2+. The van der Waals surface area contributed by atoms with Crippen LogP contribution in [0.1, 0.15) is 0 Å². The van der Waals surface area contributed by atoms with Crippen molar-refractivity contribution in [1.82, 2.24) is 0 Å². The Morgan fingerprint density at radius 1 is 0.680 bits per heavy atom. The van der Waals surface area contributed by atoms with Gasteiger partial charge in [0.2, 0.25) is 17.5 Å². The van der Waals surface area contributed by atoms with Crippen molar-refractivity contribution in [2.45, 2.75) is 23.3 Å². The van der Waals surface area contributed by atoms with E-state index in [-0.39, 0.29) is 0 Å². The average molecular weight is 424 g/mol. The highest BCUT2D eigenvalue weighted by Gasteiger charge is 2.75. The highest BCUT2D eigenvalue weighted by atomic mass is 32.2. The zero-order valence-electron chi connectivity index (χ0n) is 10.6. The van der Waals surface area contributed by atoms with E-state index in [0.29, 0.717) is 0 Å². The van der Waals surface area contributed by atoms with Gasteiger partial charge in [0.1, 0.15) is 0 Å². The van der Waals surface area contributed by atoms with Crippen LogP contribution in [0.25, 0.3) is 0 Å². The molecule has 0 atom stereocenters. The third kappa shape index (κ3) is 3.85. The molecule has 25 heavy (non-hydrogen) atoms. The van der Waals surface area contributed by atoms with Gasteiger partial charge in [0, 0.05) is 0 Å². The van der Waals surface area contributed by atoms with Gasteiger partial charge in [0.05, 0.1) is 0 Å². The quantitative estimate of drug-likeness (QED) is 0.399. The fourth-order valence-corrected chi connectivity index (χ4v) is 1.20. The van der Waals surface area contributed by atoms with Gasteiger partial charge < -0.3 is 0 Å². The van der Waals surface area contributed by atoms with Crippen LogP contribution < -0.4 is 0 Å². The molecule has 0 aromatic heterocycles. The first-order valence-electron chi connectivity index (χ1n) is 4.93. The van der Waals surface area contributed by atoms with Gasteiger partial charge in [-0.1, -0.05) is 0 Å². The summed E-state index contributed by atoms with van der Waals surface area (Å²) in [6.45, 7) is 0. The Hall–Kier alpha value is -1.52. The van der Waals surface area contributed by atoms with E-state index in [1.54, 1.807) is 0 Å². The van der Waals surface area contributed by atoms with Crippen molar-refractivity contribution >= 4 is 10.1 Å². The lowest BCUT2D eigenvalue weighted by molar-refractivity contribution is -0.348. The molecule has 0 fully saturated rings. The van der Waals surface area contributed by atoms with Gasteiger partial charge in [-0.25, -0.2) is 17.6 Å². The van der Waals surface area contributed by atoms with Crippen LogP contribution in [0.15, 0.2) is 23.3 Å². The van der Waals surface area contributed by atoms with Crippen molar-refractivity contribution in [1.29, 1.82) is 0 Å². The Labute approximate surface area is 128 Å². The van der Waals surface area contributed by atoms with Crippen molar-refractivity contribution in [3.8, 4) is 0 Å². The number of hydrogen-bond donors (Lipinski definition) is 1. The summed E-state index contributed by atoms with van der Waals surface area (Å²) in [5.74, 6) is -32.1. The van der Waals surface area contributed by atoms with Crippen LogP contribution in [-0.4, -0.2) is 36.2 Å². The summed E-state index contributed by atoms with van der Waals surface area (Å²) < 4.78 is 189. The second kappa shape index (κ2) is 6.33. The Kier molecular flexibility index (Phi) is 5.94.